The molecule has 0 spiro atoms. The van der Waals surface area contributed by atoms with Crippen LogP contribution < -0.4 is 10.6 Å². The van der Waals surface area contributed by atoms with Gasteiger partial charge in [-0.25, -0.2) is 0 Å². The van der Waals surface area contributed by atoms with Crippen LogP contribution >= 0.6 is 15.9 Å². The summed E-state index contributed by atoms with van der Waals surface area (Å²) in [5.41, 5.74) is 3.80. The van der Waals surface area contributed by atoms with Gasteiger partial charge in [0, 0.05) is 21.2 Å². The maximum atomic E-state index is 11.7. The van der Waals surface area contributed by atoms with Gasteiger partial charge in [0.05, 0.1) is 18.6 Å². The average molecular weight is 346 g/mol. The van der Waals surface area contributed by atoms with Crippen molar-refractivity contribution >= 4 is 38.4 Å². The number of carbonyl (C=O) groups excluding carboxylic acids is 1. The SMILES string of the molecule is C#CCNC(=O)CNc1c(C)c(C)nc2ccc(Br)cc12. The van der Waals surface area contributed by atoms with Gasteiger partial charge in [-0.3, -0.25) is 9.78 Å². The highest BCUT2D eigenvalue weighted by molar-refractivity contribution is 9.10. The van der Waals surface area contributed by atoms with Gasteiger partial charge in [-0.15, -0.1) is 6.42 Å². The van der Waals surface area contributed by atoms with Gasteiger partial charge in [0.1, 0.15) is 0 Å². The molecule has 2 rings (SSSR count). The summed E-state index contributed by atoms with van der Waals surface area (Å²) in [6, 6.07) is 5.90. The molecule has 0 radical (unpaired) electrons. The number of fused-ring (bicyclic) bond motifs is 1. The Morgan fingerprint density at radius 3 is 2.90 bits per heavy atom. The van der Waals surface area contributed by atoms with Gasteiger partial charge in [-0.2, -0.15) is 0 Å². The van der Waals surface area contributed by atoms with E-state index in [4.69, 9.17) is 6.42 Å². The fourth-order valence-electron chi connectivity index (χ4n) is 2.06. The second kappa shape index (κ2) is 6.59. The Bertz CT molecular complexity index is 734. The Labute approximate surface area is 132 Å². The highest BCUT2D eigenvalue weighted by Crippen LogP contribution is 2.29. The zero-order chi connectivity index (χ0) is 15.4. The van der Waals surface area contributed by atoms with Crippen LogP contribution in [0.25, 0.3) is 10.9 Å². The predicted octanol–water partition coefficient (Wildman–Crippen LogP) is 2.78. The molecule has 1 amide bonds. The van der Waals surface area contributed by atoms with Crippen molar-refractivity contribution in [2.45, 2.75) is 13.8 Å². The first-order valence-corrected chi connectivity index (χ1v) is 7.32. The highest BCUT2D eigenvalue weighted by Gasteiger charge is 2.11. The highest BCUT2D eigenvalue weighted by atomic mass is 79.9. The number of terminal acetylenes is 1. The average Bonchev–Trinajstić information content (AvgIpc) is 2.46. The summed E-state index contributed by atoms with van der Waals surface area (Å²) in [6.07, 6.45) is 5.12. The third kappa shape index (κ3) is 3.53. The van der Waals surface area contributed by atoms with E-state index in [1.807, 2.05) is 32.0 Å². The molecule has 0 saturated carbocycles. The van der Waals surface area contributed by atoms with E-state index in [9.17, 15) is 4.79 Å². The molecule has 0 aliphatic rings. The number of amides is 1. The van der Waals surface area contributed by atoms with Crippen molar-refractivity contribution in [3.8, 4) is 12.3 Å². The fourth-order valence-corrected chi connectivity index (χ4v) is 2.42. The second-order valence-electron chi connectivity index (χ2n) is 4.69. The molecule has 5 heteroatoms. The van der Waals surface area contributed by atoms with Gasteiger partial charge in [0.2, 0.25) is 5.91 Å². The zero-order valence-electron chi connectivity index (χ0n) is 12.0. The second-order valence-corrected chi connectivity index (χ2v) is 5.61. The number of benzene rings is 1. The van der Waals surface area contributed by atoms with Crippen LogP contribution in [0.15, 0.2) is 22.7 Å². The molecular weight excluding hydrogens is 330 g/mol. The van der Waals surface area contributed by atoms with Crippen molar-refractivity contribution in [3.63, 3.8) is 0 Å². The number of hydrogen-bond acceptors (Lipinski definition) is 3. The summed E-state index contributed by atoms with van der Waals surface area (Å²) in [4.78, 5) is 16.2. The minimum absolute atomic E-state index is 0.134. The molecule has 0 atom stereocenters. The molecule has 0 unspecified atom stereocenters. The first kappa shape index (κ1) is 15.3. The Balaban J connectivity index is 2.33. The standard InChI is InChI=1S/C16H16BrN3O/c1-4-7-18-15(21)9-19-16-10(2)11(3)20-14-6-5-12(17)8-13(14)16/h1,5-6,8H,7,9H2,2-3H3,(H,18,21)(H,19,20). The van der Waals surface area contributed by atoms with E-state index in [0.29, 0.717) is 0 Å². The van der Waals surface area contributed by atoms with Crippen LogP contribution in [0.2, 0.25) is 0 Å². The molecule has 2 aromatic rings. The predicted molar refractivity (Wildman–Crippen MR) is 89.2 cm³/mol. The summed E-state index contributed by atoms with van der Waals surface area (Å²) in [7, 11) is 0. The van der Waals surface area contributed by atoms with Crippen LogP contribution in [-0.2, 0) is 4.79 Å². The first-order valence-electron chi connectivity index (χ1n) is 6.53. The Morgan fingerprint density at radius 2 is 2.19 bits per heavy atom. The van der Waals surface area contributed by atoms with Crippen molar-refractivity contribution in [1.29, 1.82) is 0 Å². The van der Waals surface area contributed by atoms with Crippen molar-refractivity contribution in [1.82, 2.24) is 10.3 Å². The summed E-state index contributed by atoms with van der Waals surface area (Å²) in [5, 5.41) is 6.81. The molecule has 0 bridgehead atoms. The van der Waals surface area contributed by atoms with Gasteiger partial charge in [0.15, 0.2) is 0 Å². The molecule has 2 N–H and O–H groups in total. The number of halogens is 1. The lowest BCUT2D eigenvalue weighted by Crippen LogP contribution is -2.30. The number of aryl methyl sites for hydroxylation is 1. The van der Waals surface area contributed by atoms with Crippen molar-refractivity contribution in [2.24, 2.45) is 0 Å². The van der Waals surface area contributed by atoms with E-state index >= 15 is 0 Å². The fraction of sp³-hybridized carbons (Fsp3) is 0.250. The molecule has 0 aliphatic heterocycles. The number of aromatic nitrogens is 1. The van der Waals surface area contributed by atoms with Crippen LogP contribution in [0, 0.1) is 26.2 Å². The van der Waals surface area contributed by atoms with Gasteiger partial charge in [0.25, 0.3) is 0 Å². The van der Waals surface area contributed by atoms with Crippen LogP contribution in [0.4, 0.5) is 5.69 Å². The molecule has 1 aromatic heterocycles. The normalized spacial score (nSPS) is 10.2. The van der Waals surface area contributed by atoms with E-state index in [-0.39, 0.29) is 19.0 Å². The number of nitrogens with one attached hydrogen (secondary N) is 2. The summed E-state index contributed by atoms with van der Waals surface area (Å²) < 4.78 is 0.972. The number of hydrogen-bond donors (Lipinski definition) is 2. The summed E-state index contributed by atoms with van der Waals surface area (Å²) in [5.74, 6) is 2.24. The molecule has 1 aromatic carbocycles. The molecule has 4 nitrogen and oxygen atoms in total. The van der Waals surface area contributed by atoms with Crippen molar-refractivity contribution < 1.29 is 4.79 Å². The topological polar surface area (TPSA) is 54.0 Å². The Hall–Kier alpha value is -2.06. The maximum Gasteiger partial charge on any atom is 0.240 e. The molecular formula is C16H16BrN3O. The van der Waals surface area contributed by atoms with E-state index < -0.39 is 0 Å². The molecule has 108 valence electrons. The van der Waals surface area contributed by atoms with Crippen LogP contribution in [0.1, 0.15) is 11.3 Å². The molecule has 0 aliphatic carbocycles. The maximum absolute atomic E-state index is 11.7. The summed E-state index contributed by atoms with van der Waals surface area (Å²) in [6.45, 7) is 4.36. The van der Waals surface area contributed by atoms with E-state index in [2.05, 4.69) is 37.5 Å². The van der Waals surface area contributed by atoms with Crippen molar-refractivity contribution in [3.05, 3.63) is 33.9 Å². The van der Waals surface area contributed by atoms with Gasteiger partial charge in [-0.1, -0.05) is 21.9 Å². The number of pyridine rings is 1. The smallest absolute Gasteiger partial charge is 0.240 e. The molecule has 21 heavy (non-hydrogen) atoms. The van der Waals surface area contributed by atoms with Gasteiger partial charge < -0.3 is 10.6 Å². The van der Waals surface area contributed by atoms with Crippen LogP contribution in [-0.4, -0.2) is 24.0 Å². The first-order chi connectivity index (χ1) is 10.0. The minimum atomic E-state index is -0.134. The lowest BCUT2D eigenvalue weighted by atomic mass is 10.1. The largest absolute Gasteiger partial charge is 0.375 e. The minimum Gasteiger partial charge on any atom is -0.375 e. The van der Waals surface area contributed by atoms with Gasteiger partial charge >= 0.3 is 0 Å². The number of rotatable bonds is 4. The molecule has 1 heterocycles. The number of nitrogens with zero attached hydrogens (tertiary/aromatic N) is 1. The van der Waals surface area contributed by atoms with Gasteiger partial charge in [-0.05, 0) is 37.6 Å². The lowest BCUT2D eigenvalue weighted by molar-refractivity contribution is -0.119. The quantitative estimate of drug-likeness (QED) is 0.837. The molecule has 0 fully saturated rings. The van der Waals surface area contributed by atoms with E-state index in [1.54, 1.807) is 0 Å². The Kier molecular flexibility index (Phi) is 4.81. The number of carbonyl (C=O) groups is 1. The monoisotopic (exact) mass is 345 g/mol. The molecule has 0 saturated heterocycles. The van der Waals surface area contributed by atoms with Crippen LogP contribution in [0.3, 0.4) is 0 Å². The lowest BCUT2D eigenvalue weighted by Gasteiger charge is -2.14. The van der Waals surface area contributed by atoms with E-state index in [0.717, 1.165) is 32.3 Å². The zero-order valence-corrected chi connectivity index (χ0v) is 13.5. The van der Waals surface area contributed by atoms with E-state index in [1.165, 1.54) is 0 Å². The third-order valence-corrected chi connectivity index (χ3v) is 3.74. The Morgan fingerprint density at radius 1 is 1.43 bits per heavy atom. The number of anilines is 1. The summed E-state index contributed by atoms with van der Waals surface area (Å²) >= 11 is 3.47. The van der Waals surface area contributed by atoms with Crippen molar-refractivity contribution in [2.75, 3.05) is 18.4 Å². The van der Waals surface area contributed by atoms with Crippen LogP contribution in [0.5, 0.6) is 0 Å². The third-order valence-electron chi connectivity index (χ3n) is 3.25.